The summed E-state index contributed by atoms with van der Waals surface area (Å²) in [6, 6.07) is 21.7. The van der Waals surface area contributed by atoms with Gasteiger partial charge in [0.05, 0.1) is 13.2 Å². The maximum Gasteiger partial charge on any atom is 0.185 e. The number of carbonyl (C=O) groups is 1. The molecule has 0 amide bonds. The fraction of sp³-hybridized carbons (Fsp3) is 0.115. The zero-order valence-corrected chi connectivity index (χ0v) is 16.2. The molecule has 0 aromatic heterocycles. The highest BCUT2D eigenvalue weighted by atomic mass is 19.1. The minimum absolute atomic E-state index is 0.149. The van der Waals surface area contributed by atoms with Crippen LogP contribution in [0.15, 0.2) is 85.5 Å². The number of hydrogen-bond acceptors (Lipinski definition) is 2. The lowest BCUT2D eigenvalue weighted by Crippen LogP contribution is -1.99. The van der Waals surface area contributed by atoms with Crippen molar-refractivity contribution in [3.63, 3.8) is 0 Å². The van der Waals surface area contributed by atoms with Crippen LogP contribution in [0.25, 0.3) is 12.2 Å². The molecule has 0 unspecified atom stereocenters. The Hall–Kier alpha value is -3.30. The second kappa shape index (κ2) is 10.3. The van der Waals surface area contributed by atoms with Gasteiger partial charge < -0.3 is 4.74 Å². The van der Waals surface area contributed by atoms with Crippen LogP contribution in [-0.4, -0.2) is 12.4 Å². The van der Waals surface area contributed by atoms with Gasteiger partial charge in [-0.25, -0.2) is 4.39 Å². The number of ketones is 1. The Kier molecular flexibility index (Phi) is 7.26. The molecular weight excluding hydrogens is 363 g/mol. The Morgan fingerprint density at radius 3 is 2.14 bits per heavy atom. The number of rotatable bonds is 9. The monoisotopic (exact) mass is 386 g/mol. The number of allylic oxidation sites excluding steroid dienone is 1. The van der Waals surface area contributed by atoms with E-state index in [4.69, 9.17) is 4.74 Å². The van der Waals surface area contributed by atoms with E-state index in [2.05, 4.69) is 6.58 Å². The third-order valence-electron chi connectivity index (χ3n) is 4.55. The van der Waals surface area contributed by atoms with Crippen molar-refractivity contribution in [2.75, 3.05) is 6.61 Å². The summed E-state index contributed by atoms with van der Waals surface area (Å²) in [6.07, 6.45) is 5.91. The Labute approximate surface area is 171 Å². The SMILES string of the molecule is C=Cc1ccc(COCCc2ccc(/C=C/C(=O)c3ccc(F)cc3)cc2)cc1. The number of ether oxygens (including phenoxy) is 1. The number of halogens is 1. The lowest BCUT2D eigenvalue weighted by Gasteiger charge is -2.06. The summed E-state index contributed by atoms with van der Waals surface area (Å²) >= 11 is 0. The van der Waals surface area contributed by atoms with Gasteiger partial charge in [-0.2, -0.15) is 0 Å². The highest BCUT2D eigenvalue weighted by Gasteiger charge is 2.02. The van der Waals surface area contributed by atoms with Crippen molar-refractivity contribution in [2.45, 2.75) is 13.0 Å². The molecule has 0 atom stereocenters. The average molecular weight is 386 g/mol. The molecule has 29 heavy (non-hydrogen) atoms. The first-order valence-electron chi connectivity index (χ1n) is 9.50. The number of hydrogen-bond donors (Lipinski definition) is 0. The third-order valence-corrected chi connectivity index (χ3v) is 4.55. The summed E-state index contributed by atoms with van der Waals surface area (Å²) < 4.78 is 18.7. The van der Waals surface area contributed by atoms with Gasteiger partial charge in [-0.3, -0.25) is 4.79 Å². The summed E-state index contributed by atoms with van der Waals surface area (Å²) in [6.45, 7) is 4.98. The summed E-state index contributed by atoms with van der Waals surface area (Å²) in [5, 5.41) is 0. The Morgan fingerprint density at radius 2 is 1.48 bits per heavy atom. The smallest absolute Gasteiger partial charge is 0.185 e. The van der Waals surface area contributed by atoms with E-state index in [1.54, 1.807) is 6.08 Å². The van der Waals surface area contributed by atoms with Gasteiger partial charge in [-0.05, 0) is 59.0 Å². The first-order chi connectivity index (χ1) is 14.1. The van der Waals surface area contributed by atoms with E-state index in [1.807, 2.05) is 54.6 Å². The predicted octanol–water partition coefficient (Wildman–Crippen LogP) is 6.12. The molecule has 3 heteroatoms. The van der Waals surface area contributed by atoms with Gasteiger partial charge in [0, 0.05) is 5.56 Å². The van der Waals surface area contributed by atoms with Gasteiger partial charge in [0.25, 0.3) is 0 Å². The molecule has 0 aliphatic rings. The molecule has 3 aromatic rings. The maximum atomic E-state index is 12.9. The summed E-state index contributed by atoms with van der Waals surface area (Å²) in [5.41, 5.74) is 4.82. The second-order valence-electron chi connectivity index (χ2n) is 6.69. The van der Waals surface area contributed by atoms with Crippen LogP contribution in [0.5, 0.6) is 0 Å². The van der Waals surface area contributed by atoms with E-state index in [9.17, 15) is 9.18 Å². The lowest BCUT2D eigenvalue weighted by molar-refractivity contribution is 0.104. The highest BCUT2D eigenvalue weighted by molar-refractivity contribution is 6.06. The Bertz CT molecular complexity index is 969. The molecule has 3 rings (SSSR count). The molecule has 0 aliphatic carbocycles. The van der Waals surface area contributed by atoms with Crippen LogP contribution in [0, 0.1) is 5.82 Å². The van der Waals surface area contributed by atoms with Crippen molar-refractivity contribution >= 4 is 17.9 Å². The normalized spacial score (nSPS) is 10.9. The largest absolute Gasteiger partial charge is 0.376 e. The van der Waals surface area contributed by atoms with E-state index in [-0.39, 0.29) is 11.6 Å². The van der Waals surface area contributed by atoms with Gasteiger partial charge in [0.2, 0.25) is 0 Å². The summed E-state index contributed by atoms with van der Waals surface area (Å²) in [5.74, 6) is -0.501. The second-order valence-corrected chi connectivity index (χ2v) is 6.69. The molecule has 0 radical (unpaired) electrons. The molecule has 0 N–H and O–H groups in total. The minimum atomic E-state index is -0.351. The predicted molar refractivity (Wildman–Crippen MR) is 116 cm³/mol. The van der Waals surface area contributed by atoms with Crippen LogP contribution in [0.2, 0.25) is 0 Å². The van der Waals surface area contributed by atoms with Gasteiger partial charge in [-0.1, -0.05) is 67.3 Å². The minimum Gasteiger partial charge on any atom is -0.376 e. The molecule has 0 spiro atoms. The molecule has 0 saturated heterocycles. The average Bonchev–Trinajstić information content (AvgIpc) is 2.77. The first kappa shape index (κ1) is 20.4. The van der Waals surface area contributed by atoms with Gasteiger partial charge in [0.1, 0.15) is 5.82 Å². The molecule has 2 nitrogen and oxygen atoms in total. The third kappa shape index (κ3) is 6.37. The van der Waals surface area contributed by atoms with Crippen molar-refractivity contribution in [3.05, 3.63) is 119 Å². The molecule has 0 fully saturated rings. The van der Waals surface area contributed by atoms with Crippen molar-refractivity contribution in [1.82, 2.24) is 0 Å². The van der Waals surface area contributed by atoms with Crippen LogP contribution in [0.4, 0.5) is 4.39 Å². The zero-order chi connectivity index (χ0) is 20.5. The van der Waals surface area contributed by atoms with Crippen molar-refractivity contribution < 1.29 is 13.9 Å². The standard InChI is InChI=1S/C26H23FO2/c1-2-20-3-9-23(10-4-20)19-29-18-17-22-7-5-21(6-8-22)11-16-26(28)24-12-14-25(27)15-13-24/h2-16H,1,17-19H2/b16-11+. The number of benzene rings is 3. The topological polar surface area (TPSA) is 26.3 Å². The van der Waals surface area contributed by atoms with Crippen LogP contribution >= 0.6 is 0 Å². The quantitative estimate of drug-likeness (QED) is 0.251. The van der Waals surface area contributed by atoms with Crippen LogP contribution in [0.1, 0.15) is 32.6 Å². The highest BCUT2D eigenvalue weighted by Crippen LogP contribution is 2.11. The molecule has 146 valence electrons. The van der Waals surface area contributed by atoms with Crippen LogP contribution in [0.3, 0.4) is 0 Å². The maximum absolute atomic E-state index is 12.9. The van der Waals surface area contributed by atoms with E-state index in [0.717, 1.165) is 23.1 Å². The molecular formula is C26H23FO2. The molecule has 3 aromatic carbocycles. The molecule has 0 heterocycles. The molecule has 0 saturated carbocycles. The van der Waals surface area contributed by atoms with Crippen LogP contribution in [-0.2, 0) is 17.8 Å². The van der Waals surface area contributed by atoms with Gasteiger partial charge in [0.15, 0.2) is 5.78 Å². The van der Waals surface area contributed by atoms with E-state index in [1.165, 1.54) is 35.9 Å². The van der Waals surface area contributed by atoms with E-state index < -0.39 is 0 Å². The zero-order valence-electron chi connectivity index (χ0n) is 16.2. The fourth-order valence-corrected chi connectivity index (χ4v) is 2.81. The molecule has 0 bridgehead atoms. The first-order valence-corrected chi connectivity index (χ1v) is 9.50. The van der Waals surface area contributed by atoms with Gasteiger partial charge >= 0.3 is 0 Å². The van der Waals surface area contributed by atoms with E-state index in [0.29, 0.717) is 18.8 Å². The molecule has 0 aliphatic heterocycles. The fourth-order valence-electron chi connectivity index (χ4n) is 2.81. The van der Waals surface area contributed by atoms with E-state index >= 15 is 0 Å². The Morgan fingerprint density at radius 1 is 0.862 bits per heavy atom. The van der Waals surface area contributed by atoms with Gasteiger partial charge in [-0.15, -0.1) is 0 Å². The lowest BCUT2D eigenvalue weighted by atomic mass is 10.1. The Balaban J connectivity index is 1.45. The number of carbonyl (C=O) groups excluding carboxylic acids is 1. The van der Waals surface area contributed by atoms with Crippen molar-refractivity contribution in [3.8, 4) is 0 Å². The summed E-state index contributed by atoms with van der Waals surface area (Å²) in [4.78, 5) is 12.1. The summed E-state index contributed by atoms with van der Waals surface area (Å²) in [7, 11) is 0. The van der Waals surface area contributed by atoms with Crippen LogP contribution < -0.4 is 0 Å². The van der Waals surface area contributed by atoms with Crippen molar-refractivity contribution in [2.24, 2.45) is 0 Å². The van der Waals surface area contributed by atoms with Crippen molar-refractivity contribution in [1.29, 1.82) is 0 Å².